The number of anilines is 1. The number of methoxy groups -OCH3 is 1. The minimum atomic E-state index is 0.0485. The fraction of sp³-hybridized carbons (Fsp3) is 0.474. The van der Waals surface area contributed by atoms with Crippen molar-refractivity contribution >= 4 is 21.4 Å². The number of aromatic nitrogens is 3. The van der Waals surface area contributed by atoms with Crippen LogP contribution in [-0.2, 0) is 12.0 Å². The molecule has 0 radical (unpaired) electrons. The number of hydrogen-bond acceptors (Lipinski definition) is 5. The molecule has 2 aromatic heterocycles. The van der Waals surface area contributed by atoms with Crippen LogP contribution < -0.4 is 9.64 Å². The van der Waals surface area contributed by atoms with Gasteiger partial charge in [0.15, 0.2) is 0 Å². The van der Waals surface area contributed by atoms with Crippen LogP contribution in [0.5, 0.6) is 5.75 Å². The van der Waals surface area contributed by atoms with E-state index in [-0.39, 0.29) is 5.41 Å². The van der Waals surface area contributed by atoms with E-state index in [1.807, 2.05) is 16.6 Å². The van der Waals surface area contributed by atoms with E-state index >= 15 is 0 Å². The number of nitrogens with zero attached hydrogens (tertiary/aromatic N) is 4. The molecule has 25 heavy (non-hydrogen) atoms. The number of ether oxygens (including phenoxy) is 1. The summed E-state index contributed by atoms with van der Waals surface area (Å²) < 4.78 is 7.19. The van der Waals surface area contributed by atoms with Gasteiger partial charge in [-0.3, -0.25) is 0 Å². The van der Waals surface area contributed by atoms with E-state index in [2.05, 4.69) is 44.0 Å². The Morgan fingerprint density at radius 3 is 2.52 bits per heavy atom. The lowest BCUT2D eigenvalue weighted by molar-refractivity contribution is 0.414. The normalized spacial score (nSPS) is 14.9. The molecule has 0 saturated heterocycles. The van der Waals surface area contributed by atoms with Gasteiger partial charge >= 0.3 is 0 Å². The molecule has 1 aliphatic rings. The van der Waals surface area contributed by atoms with Gasteiger partial charge in [-0.15, -0.1) is 5.10 Å². The van der Waals surface area contributed by atoms with Crippen LogP contribution in [0.4, 0.5) is 5.13 Å². The Kier molecular flexibility index (Phi) is 3.95. The Balaban J connectivity index is 1.60. The molecule has 0 amide bonds. The molecule has 132 valence electrons. The Morgan fingerprint density at radius 1 is 1.24 bits per heavy atom. The van der Waals surface area contributed by atoms with Crippen molar-refractivity contribution in [2.24, 2.45) is 0 Å². The maximum atomic E-state index is 5.25. The first kappa shape index (κ1) is 16.4. The Bertz CT molecular complexity index is 840. The van der Waals surface area contributed by atoms with Crippen LogP contribution in [0.2, 0.25) is 0 Å². The molecule has 0 atom stereocenters. The summed E-state index contributed by atoms with van der Waals surface area (Å²) in [5, 5.41) is 5.87. The van der Waals surface area contributed by atoms with E-state index in [1.54, 1.807) is 18.4 Å². The molecule has 3 aromatic rings. The number of rotatable bonds is 5. The topological polar surface area (TPSA) is 42.7 Å². The zero-order valence-electron chi connectivity index (χ0n) is 15.2. The van der Waals surface area contributed by atoms with Gasteiger partial charge in [0.05, 0.1) is 19.0 Å². The average molecular weight is 356 g/mol. The molecule has 2 heterocycles. The van der Waals surface area contributed by atoms with E-state index < -0.39 is 0 Å². The second-order valence-corrected chi connectivity index (χ2v) is 8.63. The third kappa shape index (κ3) is 3.35. The maximum absolute atomic E-state index is 5.25. The fourth-order valence-electron chi connectivity index (χ4n) is 2.83. The van der Waals surface area contributed by atoms with Gasteiger partial charge in [0.2, 0.25) is 10.1 Å². The van der Waals surface area contributed by atoms with Gasteiger partial charge in [-0.05, 0) is 30.5 Å². The van der Waals surface area contributed by atoms with Crippen LogP contribution in [0, 0.1) is 0 Å². The summed E-state index contributed by atoms with van der Waals surface area (Å²) in [6.45, 7) is 7.42. The van der Waals surface area contributed by atoms with Gasteiger partial charge in [0.25, 0.3) is 0 Å². The SMILES string of the molecule is COc1ccc(CN(c2nn3cc(C(C)(C)C)nc3s2)C2CC2)cc1. The third-order valence-electron chi connectivity index (χ3n) is 4.55. The maximum Gasteiger partial charge on any atom is 0.214 e. The zero-order chi connectivity index (χ0) is 17.6. The lowest BCUT2D eigenvalue weighted by Gasteiger charge is -2.21. The van der Waals surface area contributed by atoms with Crippen molar-refractivity contribution in [3.05, 3.63) is 41.7 Å². The average Bonchev–Trinajstić information content (AvgIpc) is 3.20. The summed E-state index contributed by atoms with van der Waals surface area (Å²) in [6, 6.07) is 8.89. The second kappa shape index (κ2) is 6.02. The van der Waals surface area contributed by atoms with E-state index in [1.165, 1.54) is 18.4 Å². The monoisotopic (exact) mass is 356 g/mol. The van der Waals surface area contributed by atoms with Crippen molar-refractivity contribution in [1.29, 1.82) is 0 Å². The summed E-state index contributed by atoms with van der Waals surface area (Å²) in [6.07, 6.45) is 4.55. The second-order valence-electron chi connectivity index (χ2n) is 7.70. The van der Waals surface area contributed by atoms with Crippen molar-refractivity contribution in [2.75, 3.05) is 12.0 Å². The fourth-order valence-corrected chi connectivity index (χ4v) is 3.79. The molecule has 1 aromatic carbocycles. The summed E-state index contributed by atoms with van der Waals surface area (Å²) in [5.41, 5.74) is 2.41. The highest BCUT2D eigenvalue weighted by molar-refractivity contribution is 7.20. The lowest BCUT2D eigenvalue weighted by atomic mass is 9.93. The van der Waals surface area contributed by atoms with Gasteiger partial charge in [0.1, 0.15) is 5.75 Å². The third-order valence-corrected chi connectivity index (χ3v) is 5.51. The summed E-state index contributed by atoms with van der Waals surface area (Å²) in [5.74, 6) is 0.893. The molecule has 0 N–H and O–H groups in total. The van der Waals surface area contributed by atoms with Crippen LogP contribution in [0.1, 0.15) is 44.9 Å². The summed E-state index contributed by atoms with van der Waals surface area (Å²) in [4.78, 5) is 8.16. The number of benzene rings is 1. The molecule has 1 fully saturated rings. The standard InChI is InChI=1S/C19H24N4OS/c1-19(2,3)16-12-23-17(20-16)25-18(21-23)22(14-7-8-14)11-13-5-9-15(24-4)10-6-13/h5-6,9-10,12,14H,7-8,11H2,1-4H3. The van der Waals surface area contributed by atoms with Crippen LogP contribution in [0.15, 0.2) is 30.5 Å². The summed E-state index contributed by atoms with van der Waals surface area (Å²) >= 11 is 1.68. The van der Waals surface area contributed by atoms with E-state index in [0.717, 1.165) is 28.1 Å². The van der Waals surface area contributed by atoms with Gasteiger partial charge < -0.3 is 9.64 Å². The Labute approximate surface area is 152 Å². The van der Waals surface area contributed by atoms with Crippen LogP contribution in [0.25, 0.3) is 4.96 Å². The minimum Gasteiger partial charge on any atom is -0.497 e. The molecule has 0 bridgehead atoms. The first-order valence-electron chi connectivity index (χ1n) is 8.70. The van der Waals surface area contributed by atoms with Gasteiger partial charge in [-0.25, -0.2) is 9.50 Å². The van der Waals surface area contributed by atoms with Crippen LogP contribution >= 0.6 is 11.3 Å². The van der Waals surface area contributed by atoms with Crippen molar-refractivity contribution in [3.63, 3.8) is 0 Å². The highest BCUT2D eigenvalue weighted by Gasteiger charge is 2.32. The predicted octanol–water partition coefficient (Wildman–Crippen LogP) is 4.27. The molecule has 1 aliphatic carbocycles. The molecular formula is C19H24N4OS. The van der Waals surface area contributed by atoms with Crippen LogP contribution in [-0.4, -0.2) is 27.7 Å². The van der Waals surface area contributed by atoms with E-state index in [0.29, 0.717) is 6.04 Å². The lowest BCUT2D eigenvalue weighted by Crippen LogP contribution is -2.25. The first-order valence-corrected chi connectivity index (χ1v) is 9.52. The predicted molar refractivity (Wildman–Crippen MR) is 102 cm³/mol. The molecule has 0 spiro atoms. The van der Waals surface area contributed by atoms with Crippen molar-refractivity contribution in [1.82, 2.24) is 14.6 Å². The number of imidazole rings is 1. The van der Waals surface area contributed by atoms with Crippen molar-refractivity contribution in [3.8, 4) is 5.75 Å². The van der Waals surface area contributed by atoms with Crippen LogP contribution in [0.3, 0.4) is 0 Å². The number of fused-ring (bicyclic) bond motifs is 1. The summed E-state index contributed by atoms with van der Waals surface area (Å²) in [7, 11) is 1.70. The smallest absolute Gasteiger partial charge is 0.214 e. The van der Waals surface area contributed by atoms with Gasteiger partial charge in [-0.2, -0.15) is 0 Å². The van der Waals surface area contributed by atoms with Gasteiger partial charge in [-0.1, -0.05) is 44.2 Å². The molecular weight excluding hydrogens is 332 g/mol. The largest absolute Gasteiger partial charge is 0.497 e. The van der Waals surface area contributed by atoms with Crippen molar-refractivity contribution in [2.45, 2.75) is 51.6 Å². The molecule has 0 unspecified atom stereocenters. The zero-order valence-corrected chi connectivity index (χ0v) is 16.0. The highest BCUT2D eigenvalue weighted by atomic mass is 32.1. The molecule has 6 heteroatoms. The highest BCUT2D eigenvalue weighted by Crippen LogP contribution is 2.36. The molecule has 1 saturated carbocycles. The first-order chi connectivity index (χ1) is 11.9. The Hall–Kier alpha value is -2.08. The molecule has 4 rings (SSSR count). The molecule has 5 nitrogen and oxygen atoms in total. The number of hydrogen-bond donors (Lipinski definition) is 0. The van der Waals surface area contributed by atoms with E-state index in [9.17, 15) is 0 Å². The Morgan fingerprint density at radius 2 is 1.96 bits per heavy atom. The van der Waals surface area contributed by atoms with E-state index in [4.69, 9.17) is 14.8 Å². The quantitative estimate of drug-likeness (QED) is 0.685. The molecule has 0 aliphatic heterocycles. The van der Waals surface area contributed by atoms with Gasteiger partial charge in [0, 0.05) is 18.0 Å². The van der Waals surface area contributed by atoms with Crippen molar-refractivity contribution < 1.29 is 4.74 Å². The minimum absolute atomic E-state index is 0.0485.